The predicted molar refractivity (Wildman–Crippen MR) is 77.0 cm³/mol. The van der Waals surface area contributed by atoms with Crippen molar-refractivity contribution in [3.63, 3.8) is 0 Å². The van der Waals surface area contributed by atoms with Gasteiger partial charge in [-0.25, -0.2) is 0 Å². The predicted octanol–water partition coefficient (Wildman–Crippen LogP) is 2.51. The SMILES string of the molecule is C=CCNC(=O)c1ccc(NC(=O)C=C(C)C)cc1. The Labute approximate surface area is 113 Å². The number of carbonyl (C=O) groups excluding carboxylic acids is 2. The van der Waals surface area contributed by atoms with Gasteiger partial charge >= 0.3 is 0 Å². The van der Waals surface area contributed by atoms with Crippen molar-refractivity contribution in [1.29, 1.82) is 0 Å². The van der Waals surface area contributed by atoms with E-state index in [9.17, 15) is 9.59 Å². The molecule has 4 nitrogen and oxygen atoms in total. The zero-order valence-corrected chi connectivity index (χ0v) is 11.2. The highest BCUT2D eigenvalue weighted by Crippen LogP contribution is 2.09. The molecule has 0 aromatic heterocycles. The normalized spacial score (nSPS) is 9.37. The first-order chi connectivity index (χ1) is 9.02. The van der Waals surface area contributed by atoms with Crippen LogP contribution in [0.2, 0.25) is 0 Å². The molecule has 0 bridgehead atoms. The van der Waals surface area contributed by atoms with Crippen LogP contribution in [-0.4, -0.2) is 18.4 Å². The summed E-state index contributed by atoms with van der Waals surface area (Å²) in [5.41, 5.74) is 2.13. The Morgan fingerprint density at radius 2 is 1.84 bits per heavy atom. The minimum absolute atomic E-state index is 0.165. The van der Waals surface area contributed by atoms with Gasteiger partial charge in [-0.2, -0.15) is 0 Å². The van der Waals surface area contributed by atoms with Crippen molar-refractivity contribution < 1.29 is 9.59 Å². The van der Waals surface area contributed by atoms with Gasteiger partial charge in [0.05, 0.1) is 0 Å². The molecule has 0 saturated heterocycles. The summed E-state index contributed by atoms with van der Waals surface area (Å²) in [5.74, 6) is -0.342. The second-order valence-corrected chi connectivity index (χ2v) is 4.29. The van der Waals surface area contributed by atoms with Crippen LogP contribution in [0, 0.1) is 0 Å². The molecule has 0 aliphatic rings. The average molecular weight is 258 g/mol. The zero-order valence-electron chi connectivity index (χ0n) is 11.2. The molecule has 0 aliphatic heterocycles. The van der Waals surface area contributed by atoms with E-state index < -0.39 is 0 Å². The van der Waals surface area contributed by atoms with E-state index in [1.54, 1.807) is 30.3 Å². The summed E-state index contributed by atoms with van der Waals surface area (Å²) in [6.45, 7) is 7.67. The molecule has 2 amide bonds. The van der Waals surface area contributed by atoms with Crippen LogP contribution < -0.4 is 10.6 Å². The maximum atomic E-state index is 11.6. The van der Waals surface area contributed by atoms with Crippen molar-refractivity contribution in [2.45, 2.75) is 13.8 Å². The fourth-order valence-electron chi connectivity index (χ4n) is 1.41. The molecule has 0 spiro atoms. The van der Waals surface area contributed by atoms with Crippen LogP contribution in [0.25, 0.3) is 0 Å². The van der Waals surface area contributed by atoms with E-state index in [1.165, 1.54) is 6.08 Å². The monoisotopic (exact) mass is 258 g/mol. The lowest BCUT2D eigenvalue weighted by atomic mass is 10.2. The van der Waals surface area contributed by atoms with Crippen LogP contribution in [0.15, 0.2) is 48.6 Å². The van der Waals surface area contributed by atoms with E-state index in [4.69, 9.17) is 0 Å². The lowest BCUT2D eigenvalue weighted by Crippen LogP contribution is -2.23. The first-order valence-corrected chi connectivity index (χ1v) is 5.98. The second-order valence-electron chi connectivity index (χ2n) is 4.29. The highest BCUT2D eigenvalue weighted by molar-refractivity contribution is 6.00. The number of benzene rings is 1. The number of nitrogens with one attached hydrogen (secondary N) is 2. The maximum absolute atomic E-state index is 11.6. The maximum Gasteiger partial charge on any atom is 0.251 e. The lowest BCUT2D eigenvalue weighted by Gasteiger charge is -2.05. The molecule has 2 N–H and O–H groups in total. The standard InChI is InChI=1S/C15H18N2O2/c1-4-9-16-15(19)12-5-7-13(8-6-12)17-14(18)10-11(2)3/h4-8,10H,1,9H2,2-3H3,(H,16,19)(H,17,18). The van der Waals surface area contributed by atoms with Gasteiger partial charge in [0.15, 0.2) is 0 Å². The quantitative estimate of drug-likeness (QED) is 0.629. The first kappa shape index (κ1) is 14.7. The van der Waals surface area contributed by atoms with Crippen LogP contribution in [-0.2, 0) is 4.79 Å². The molecule has 0 saturated carbocycles. The minimum Gasteiger partial charge on any atom is -0.349 e. The highest BCUT2D eigenvalue weighted by atomic mass is 16.2. The molecule has 100 valence electrons. The fraction of sp³-hybridized carbons (Fsp3) is 0.200. The topological polar surface area (TPSA) is 58.2 Å². The summed E-state index contributed by atoms with van der Waals surface area (Å²) >= 11 is 0. The molecule has 0 atom stereocenters. The number of amides is 2. The third-order valence-electron chi connectivity index (χ3n) is 2.24. The Kier molecular flexibility index (Phi) is 5.54. The van der Waals surface area contributed by atoms with Gasteiger partial charge in [-0.15, -0.1) is 6.58 Å². The van der Waals surface area contributed by atoms with Crippen molar-refractivity contribution >= 4 is 17.5 Å². The average Bonchev–Trinajstić information content (AvgIpc) is 2.35. The molecule has 0 heterocycles. The van der Waals surface area contributed by atoms with E-state index in [0.29, 0.717) is 17.8 Å². The van der Waals surface area contributed by atoms with Crippen LogP contribution in [0.1, 0.15) is 24.2 Å². The van der Waals surface area contributed by atoms with Crippen LogP contribution >= 0.6 is 0 Å². The minimum atomic E-state index is -0.177. The third-order valence-corrected chi connectivity index (χ3v) is 2.24. The molecular weight excluding hydrogens is 240 g/mol. The summed E-state index contributed by atoms with van der Waals surface area (Å²) < 4.78 is 0. The molecular formula is C15H18N2O2. The van der Waals surface area contributed by atoms with E-state index >= 15 is 0 Å². The number of anilines is 1. The summed E-state index contributed by atoms with van der Waals surface area (Å²) in [4.78, 5) is 23.1. The number of hydrogen-bond donors (Lipinski definition) is 2. The van der Waals surface area contributed by atoms with E-state index in [1.807, 2.05) is 13.8 Å². The number of allylic oxidation sites excluding steroid dienone is 1. The molecule has 1 aromatic rings. The van der Waals surface area contributed by atoms with E-state index in [0.717, 1.165) is 5.57 Å². The van der Waals surface area contributed by atoms with Crippen LogP contribution in [0.4, 0.5) is 5.69 Å². The van der Waals surface area contributed by atoms with Crippen molar-refractivity contribution in [1.82, 2.24) is 5.32 Å². The van der Waals surface area contributed by atoms with Gasteiger partial charge in [-0.1, -0.05) is 11.6 Å². The largest absolute Gasteiger partial charge is 0.349 e. The van der Waals surface area contributed by atoms with Crippen molar-refractivity contribution in [3.05, 3.63) is 54.1 Å². The number of carbonyl (C=O) groups is 2. The zero-order chi connectivity index (χ0) is 14.3. The molecule has 19 heavy (non-hydrogen) atoms. The first-order valence-electron chi connectivity index (χ1n) is 5.98. The van der Waals surface area contributed by atoms with E-state index in [2.05, 4.69) is 17.2 Å². The van der Waals surface area contributed by atoms with Gasteiger partial charge < -0.3 is 10.6 Å². The Hall–Kier alpha value is -2.36. The Bertz CT molecular complexity index is 497. The molecule has 4 heteroatoms. The Morgan fingerprint density at radius 3 is 2.37 bits per heavy atom. The van der Waals surface area contributed by atoms with Crippen LogP contribution in [0.5, 0.6) is 0 Å². The second kappa shape index (κ2) is 7.16. The van der Waals surface area contributed by atoms with Crippen molar-refractivity contribution in [2.75, 3.05) is 11.9 Å². The molecule has 1 rings (SSSR count). The molecule has 0 radical (unpaired) electrons. The van der Waals surface area contributed by atoms with Gasteiger partial charge in [-0.3, -0.25) is 9.59 Å². The number of rotatable bonds is 5. The van der Waals surface area contributed by atoms with Crippen molar-refractivity contribution in [3.8, 4) is 0 Å². The Morgan fingerprint density at radius 1 is 1.21 bits per heavy atom. The molecule has 0 fully saturated rings. The lowest BCUT2D eigenvalue weighted by molar-refractivity contribution is -0.111. The van der Waals surface area contributed by atoms with Gasteiger partial charge in [0.25, 0.3) is 5.91 Å². The van der Waals surface area contributed by atoms with Gasteiger partial charge in [0.1, 0.15) is 0 Å². The fourth-order valence-corrected chi connectivity index (χ4v) is 1.41. The summed E-state index contributed by atoms with van der Waals surface area (Å²) in [6.07, 6.45) is 3.14. The van der Waals surface area contributed by atoms with Crippen molar-refractivity contribution in [2.24, 2.45) is 0 Å². The summed E-state index contributed by atoms with van der Waals surface area (Å²) in [5, 5.41) is 5.40. The molecule has 0 unspecified atom stereocenters. The summed E-state index contributed by atoms with van der Waals surface area (Å²) in [7, 11) is 0. The molecule has 1 aromatic carbocycles. The third kappa shape index (κ3) is 5.21. The van der Waals surface area contributed by atoms with Gasteiger partial charge in [0.2, 0.25) is 5.91 Å². The number of hydrogen-bond acceptors (Lipinski definition) is 2. The van der Waals surface area contributed by atoms with Gasteiger partial charge in [-0.05, 0) is 38.1 Å². The van der Waals surface area contributed by atoms with E-state index in [-0.39, 0.29) is 11.8 Å². The van der Waals surface area contributed by atoms with Crippen LogP contribution in [0.3, 0.4) is 0 Å². The summed E-state index contributed by atoms with van der Waals surface area (Å²) in [6, 6.07) is 6.71. The molecule has 0 aliphatic carbocycles. The highest BCUT2D eigenvalue weighted by Gasteiger charge is 2.04. The van der Waals surface area contributed by atoms with Gasteiger partial charge in [0, 0.05) is 23.9 Å². The Balaban J connectivity index is 2.66. The smallest absolute Gasteiger partial charge is 0.251 e.